The highest BCUT2D eigenvalue weighted by Crippen LogP contribution is 2.39. The zero-order valence-electron chi connectivity index (χ0n) is 18.6. The lowest BCUT2D eigenvalue weighted by molar-refractivity contribution is 0.0500. The highest BCUT2D eigenvalue weighted by Gasteiger charge is 2.27. The van der Waals surface area contributed by atoms with Crippen molar-refractivity contribution in [3.63, 3.8) is 0 Å². The van der Waals surface area contributed by atoms with Crippen LogP contribution in [-0.2, 0) is 11.3 Å². The lowest BCUT2D eigenvalue weighted by Crippen LogP contribution is -2.49. The van der Waals surface area contributed by atoms with Gasteiger partial charge in [-0.25, -0.2) is 9.78 Å². The Morgan fingerprint density at radius 1 is 1.38 bits per heavy atom. The SMILES string of the molecule is CC(C)(C)OC(=O)NC1CCCN(c2c(Br)cnc3[nH]cc(NCc4cccnc4)c23)C1. The Kier molecular flexibility index (Phi) is 6.55. The Morgan fingerprint density at radius 2 is 2.22 bits per heavy atom. The number of aromatic nitrogens is 3. The van der Waals surface area contributed by atoms with Crippen LogP contribution in [0.1, 0.15) is 39.2 Å². The molecule has 9 heteroatoms. The Bertz CT molecular complexity index is 1080. The fraction of sp³-hybridized carbons (Fsp3) is 0.435. The molecule has 1 amide bonds. The standard InChI is InChI=1S/C23H29BrN6O2/c1-23(2,3)32-22(31)29-16-7-5-9-30(14-16)20-17(24)12-27-21-19(20)18(13-28-21)26-11-15-6-4-8-25-10-15/h4,6,8,10,12-13,16,26H,5,7,9,11,14H2,1-3H3,(H,27,28)(H,29,31). The average molecular weight is 501 g/mol. The van der Waals surface area contributed by atoms with Crippen LogP contribution in [0, 0.1) is 0 Å². The number of hydrogen-bond acceptors (Lipinski definition) is 6. The first-order valence-electron chi connectivity index (χ1n) is 10.8. The Hall–Kier alpha value is -2.81. The molecule has 1 atom stereocenters. The van der Waals surface area contributed by atoms with Crippen LogP contribution in [0.15, 0.2) is 41.4 Å². The number of pyridine rings is 2. The Balaban J connectivity index is 1.55. The summed E-state index contributed by atoms with van der Waals surface area (Å²) < 4.78 is 6.37. The molecule has 0 aliphatic carbocycles. The number of aromatic amines is 1. The van der Waals surface area contributed by atoms with Crippen LogP contribution in [0.5, 0.6) is 0 Å². The number of halogens is 1. The zero-order chi connectivity index (χ0) is 22.7. The fourth-order valence-electron chi connectivity index (χ4n) is 3.98. The minimum atomic E-state index is -0.515. The predicted molar refractivity (Wildman–Crippen MR) is 130 cm³/mol. The maximum Gasteiger partial charge on any atom is 0.407 e. The summed E-state index contributed by atoms with van der Waals surface area (Å²) in [6, 6.07) is 3.99. The molecule has 170 valence electrons. The number of rotatable bonds is 5. The van der Waals surface area contributed by atoms with Gasteiger partial charge in [-0.2, -0.15) is 0 Å². The summed E-state index contributed by atoms with van der Waals surface area (Å²) >= 11 is 3.71. The molecule has 0 bridgehead atoms. The minimum Gasteiger partial charge on any atom is -0.444 e. The van der Waals surface area contributed by atoms with Gasteiger partial charge in [0.05, 0.1) is 21.2 Å². The van der Waals surface area contributed by atoms with Gasteiger partial charge in [-0.05, 0) is 61.2 Å². The Morgan fingerprint density at radius 3 is 2.97 bits per heavy atom. The third-order valence-corrected chi connectivity index (χ3v) is 5.87. The van der Waals surface area contributed by atoms with Crippen LogP contribution in [0.25, 0.3) is 11.0 Å². The number of fused-ring (bicyclic) bond motifs is 1. The second kappa shape index (κ2) is 9.36. The van der Waals surface area contributed by atoms with E-state index < -0.39 is 5.60 Å². The quantitative estimate of drug-likeness (QED) is 0.464. The molecular weight excluding hydrogens is 472 g/mol. The van der Waals surface area contributed by atoms with E-state index in [1.807, 2.05) is 51.5 Å². The van der Waals surface area contributed by atoms with Crippen LogP contribution in [0.4, 0.5) is 16.2 Å². The van der Waals surface area contributed by atoms with Crippen molar-refractivity contribution in [3.8, 4) is 0 Å². The molecule has 32 heavy (non-hydrogen) atoms. The van der Waals surface area contributed by atoms with Gasteiger partial charge in [0, 0.05) is 50.5 Å². The number of anilines is 2. The lowest BCUT2D eigenvalue weighted by Gasteiger charge is -2.36. The third kappa shape index (κ3) is 5.32. The smallest absolute Gasteiger partial charge is 0.407 e. The monoisotopic (exact) mass is 500 g/mol. The normalized spacial score (nSPS) is 16.8. The summed E-state index contributed by atoms with van der Waals surface area (Å²) in [7, 11) is 0. The number of carbonyl (C=O) groups excluding carboxylic acids is 1. The number of amides is 1. The van der Waals surface area contributed by atoms with Crippen molar-refractivity contribution in [1.82, 2.24) is 20.3 Å². The Labute approximate surface area is 196 Å². The summed E-state index contributed by atoms with van der Waals surface area (Å²) in [6.07, 6.45) is 8.92. The van der Waals surface area contributed by atoms with E-state index in [4.69, 9.17) is 4.74 Å². The largest absolute Gasteiger partial charge is 0.444 e. The highest BCUT2D eigenvalue weighted by molar-refractivity contribution is 9.10. The van der Waals surface area contributed by atoms with Gasteiger partial charge in [-0.3, -0.25) is 4.98 Å². The first-order valence-corrected chi connectivity index (χ1v) is 11.6. The maximum atomic E-state index is 12.3. The van der Waals surface area contributed by atoms with Crippen LogP contribution in [0.2, 0.25) is 0 Å². The number of hydrogen-bond donors (Lipinski definition) is 3. The number of carbonyl (C=O) groups is 1. The molecule has 1 fully saturated rings. The van der Waals surface area contributed by atoms with Gasteiger partial charge in [-0.15, -0.1) is 0 Å². The van der Waals surface area contributed by atoms with Crippen molar-refractivity contribution in [2.45, 2.75) is 51.8 Å². The van der Waals surface area contributed by atoms with Gasteiger partial charge in [-0.1, -0.05) is 6.07 Å². The molecule has 0 radical (unpaired) electrons. The second-order valence-corrected chi connectivity index (χ2v) is 9.88. The van der Waals surface area contributed by atoms with E-state index in [1.54, 1.807) is 6.20 Å². The topological polar surface area (TPSA) is 95.2 Å². The second-order valence-electron chi connectivity index (χ2n) is 9.03. The molecule has 0 saturated carbocycles. The fourth-order valence-corrected chi connectivity index (χ4v) is 4.53. The van der Waals surface area contributed by atoms with Crippen molar-refractivity contribution in [1.29, 1.82) is 0 Å². The molecule has 1 aliphatic heterocycles. The third-order valence-electron chi connectivity index (χ3n) is 5.29. The van der Waals surface area contributed by atoms with E-state index in [2.05, 4.69) is 46.4 Å². The summed E-state index contributed by atoms with van der Waals surface area (Å²) in [5, 5.41) is 7.57. The molecule has 0 aromatic carbocycles. The number of nitrogens with zero attached hydrogens (tertiary/aromatic N) is 3. The van der Waals surface area contributed by atoms with Gasteiger partial charge < -0.3 is 25.3 Å². The van der Waals surface area contributed by atoms with Crippen molar-refractivity contribution >= 4 is 44.4 Å². The van der Waals surface area contributed by atoms with Crippen LogP contribution in [-0.4, -0.2) is 45.8 Å². The summed E-state index contributed by atoms with van der Waals surface area (Å²) in [5.74, 6) is 0. The zero-order valence-corrected chi connectivity index (χ0v) is 20.2. The number of alkyl carbamates (subject to hydrolysis) is 1. The molecule has 3 aromatic heterocycles. The number of ether oxygens (including phenoxy) is 1. The van der Waals surface area contributed by atoms with Gasteiger partial charge in [0.25, 0.3) is 0 Å². The molecule has 4 heterocycles. The maximum absolute atomic E-state index is 12.3. The van der Waals surface area contributed by atoms with E-state index in [9.17, 15) is 4.79 Å². The minimum absolute atomic E-state index is 0.0134. The summed E-state index contributed by atoms with van der Waals surface area (Å²) in [4.78, 5) is 26.6. The summed E-state index contributed by atoms with van der Waals surface area (Å²) in [5.41, 5.74) is 3.46. The molecule has 1 unspecified atom stereocenters. The molecule has 8 nitrogen and oxygen atoms in total. The van der Waals surface area contributed by atoms with Crippen molar-refractivity contribution in [2.24, 2.45) is 0 Å². The van der Waals surface area contributed by atoms with Gasteiger partial charge >= 0.3 is 6.09 Å². The number of H-pyrrole nitrogens is 1. The molecule has 0 spiro atoms. The van der Waals surface area contributed by atoms with Gasteiger partial charge in [0.15, 0.2) is 0 Å². The first-order chi connectivity index (χ1) is 15.3. The van der Waals surface area contributed by atoms with Crippen molar-refractivity contribution < 1.29 is 9.53 Å². The average Bonchev–Trinajstić information content (AvgIpc) is 3.14. The van der Waals surface area contributed by atoms with E-state index >= 15 is 0 Å². The molecule has 3 N–H and O–H groups in total. The lowest BCUT2D eigenvalue weighted by atomic mass is 10.0. The highest BCUT2D eigenvalue weighted by atomic mass is 79.9. The van der Waals surface area contributed by atoms with Gasteiger partial charge in [0.2, 0.25) is 0 Å². The molecular formula is C23H29BrN6O2. The molecule has 3 aromatic rings. The predicted octanol–water partition coefficient (Wildman–Crippen LogP) is 4.83. The van der Waals surface area contributed by atoms with Crippen LogP contribution in [0.3, 0.4) is 0 Å². The van der Waals surface area contributed by atoms with E-state index in [0.717, 1.165) is 51.8 Å². The van der Waals surface area contributed by atoms with Gasteiger partial charge in [0.1, 0.15) is 11.2 Å². The number of nitrogens with one attached hydrogen (secondary N) is 3. The van der Waals surface area contributed by atoms with Crippen LogP contribution >= 0.6 is 15.9 Å². The first kappa shape index (κ1) is 22.4. The van der Waals surface area contributed by atoms with Crippen molar-refractivity contribution in [3.05, 3.63) is 47.0 Å². The summed E-state index contributed by atoms with van der Waals surface area (Å²) in [6.45, 7) is 7.88. The van der Waals surface area contributed by atoms with Crippen LogP contribution < -0.4 is 15.5 Å². The molecule has 1 saturated heterocycles. The molecule has 1 aliphatic rings. The molecule has 4 rings (SSSR count). The van der Waals surface area contributed by atoms with E-state index in [1.165, 1.54) is 0 Å². The van der Waals surface area contributed by atoms with Crippen molar-refractivity contribution in [2.75, 3.05) is 23.3 Å². The number of piperidine rings is 1. The van der Waals surface area contributed by atoms with E-state index in [0.29, 0.717) is 13.1 Å². The van der Waals surface area contributed by atoms with E-state index in [-0.39, 0.29) is 12.1 Å².